The van der Waals surface area contributed by atoms with Crippen LogP contribution in [0.1, 0.15) is 39.1 Å². The Balaban J connectivity index is 3.18. The Labute approximate surface area is 122 Å². The predicted molar refractivity (Wildman–Crippen MR) is 80.0 cm³/mol. The summed E-state index contributed by atoms with van der Waals surface area (Å²) >= 11 is 0. The van der Waals surface area contributed by atoms with Gasteiger partial charge in [0.05, 0.1) is 11.4 Å². The van der Waals surface area contributed by atoms with Gasteiger partial charge in [-0.1, -0.05) is 20.8 Å². The molecule has 0 amide bonds. The fraction of sp³-hybridized carbons (Fsp3) is 0.769. The lowest BCUT2D eigenvalue weighted by molar-refractivity contribution is 0.315. The third-order valence-corrected chi connectivity index (χ3v) is 5.83. The highest BCUT2D eigenvalue weighted by atomic mass is 32.2. The third kappa shape index (κ3) is 3.39. The van der Waals surface area contributed by atoms with Crippen molar-refractivity contribution in [3.8, 4) is 0 Å². The lowest BCUT2D eigenvalue weighted by Crippen LogP contribution is -2.38. The first kappa shape index (κ1) is 17.1. The fourth-order valence-corrected chi connectivity index (χ4v) is 3.77. The standard InChI is InChI=1S/C13H26N4O2S/c1-7-14-8-12-13(10(4)15-16-12)20(18,19)17(6)11(5)9(2)3/h9,11,14H,7-8H2,1-6H3,(H,15,16). The van der Waals surface area contributed by atoms with E-state index in [1.54, 1.807) is 14.0 Å². The molecule has 20 heavy (non-hydrogen) atoms. The van der Waals surface area contributed by atoms with E-state index in [9.17, 15) is 8.42 Å². The molecule has 0 aromatic carbocycles. The molecule has 2 N–H and O–H groups in total. The number of aromatic nitrogens is 2. The van der Waals surface area contributed by atoms with Gasteiger partial charge in [-0.2, -0.15) is 9.40 Å². The van der Waals surface area contributed by atoms with Crippen LogP contribution >= 0.6 is 0 Å². The van der Waals surface area contributed by atoms with Crippen molar-refractivity contribution in [2.24, 2.45) is 5.92 Å². The van der Waals surface area contributed by atoms with Gasteiger partial charge in [-0.25, -0.2) is 8.42 Å². The third-order valence-electron chi connectivity index (χ3n) is 3.68. The van der Waals surface area contributed by atoms with Gasteiger partial charge < -0.3 is 5.32 Å². The molecule has 1 atom stereocenters. The van der Waals surface area contributed by atoms with E-state index in [0.29, 0.717) is 22.8 Å². The van der Waals surface area contributed by atoms with Crippen molar-refractivity contribution in [1.29, 1.82) is 0 Å². The van der Waals surface area contributed by atoms with Crippen LogP contribution in [-0.2, 0) is 16.6 Å². The normalized spacial score (nSPS) is 14.2. The Kier molecular flexibility index (Phi) is 5.73. The predicted octanol–water partition coefficient (Wildman–Crippen LogP) is 1.49. The topological polar surface area (TPSA) is 78.1 Å². The molecular weight excluding hydrogens is 276 g/mol. The lowest BCUT2D eigenvalue weighted by Gasteiger charge is -2.27. The van der Waals surface area contributed by atoms with Crippen molar-refractivity contribution >= 4 is 10.0 Å². The Hall–Kier alpha value is -0.920. The number of hydrogen-bond acceptors (Lipinski definition) is 4. The second-order valence-electron chi connectivity index (χ2n) is 5.41. The summed E-state index contributed by atoms with van der Waals surface area (Å²) in [6.07, 6.45) is 0. The van der Waals surface area contributed by atoms with Crippen LogP contribution in [-0.4, -0.2) is 42.6 Å². The molecule has 0 spiro atoms. The van der Waals surface area contributed by atoms with Crippen LogP contribution in [0, 0.1) is 12.8 Å². The van der Waals surface area contributed by atoms with E-state index in [1.165, 1.54) is 4.31 Å². The number of sulfonamides is 1. The Morgan fingerprint density at radius 2 is 1.95 bits per heavy atom. The highest BCUT2D eigenvalue weighted by molar-refractivity contribution is 7.89. The molecule has 1 heterocycles. The maximum atomic E-state index is 12.8. The minimum Gasteiger partial charge on any atom is -0.311 e. The number of rotatable bonds is 7. The molecule has 6 nitrogen and oxygen atoms in total. The smallest absolute Gasteiger partial charge is 0.246 e. The number of aryl methyl sites for hydroxylation is 1. The molecule has 1 unspecified atom stereocenters. The van der Waals surface area contributed by atoms with Gasteiger partial charge in [-0.3, -0.25) is 5.10 Å². The lowest BCUT2D eigenvalue weighted by atomic mass is 10.1. The number of aromatic amines is 1. The first-order valence-electron chi connectivity index (χ1n) is 6.96. The highest BCUT2D eigenvalue weighted by Crippen LogP contribution is 2.24. The molecule has 0 saturated carbocycles. The first-order chi connectivity index (χ1) is 9.23. The van der Waals surface area contributed by atoms with Crippen LogP contribution in [0.4, 0.5) is 0 Å². The summed E-state index contributed by atoms with van der Waals surface area (Å²) in [4.78, 5) is 0.299. The maximum absolute atomic E-state index is 12.8. The van der Waals surface area contributed by atoms with E-state index in [2.05, 4.69) is 15.5 Å². The fourth-order valence-electron chi connectivity index (χ4n) is 1.96. The second-order valence-corrected chi connectivity index (χ2v) is 7.34. The molecule has 0 fully saturated rings. The molecule has 0 bridgehead atoms. The number of H-pyrrole nitrogens is 1. The molecule has 116 valence electrons. The molecule has 0 aliphatic heterocycles. The number of nitrogens with zero attached hydrogens (tertiary/aromatic N) is 2. The van der Waals surface area contributed by atoms with Crippen LogP contribution in [0.5, 0.6) is 0 Å². The van der Waals surface area contributed by atoms with Gasteiger partial charge in [0, 0.05) is 19.6 Å². The van der Waals surface area contributed by atoms with E-state index in [0.717, 1.165) is 6.54 Å². The molecule has 0 saturated heterocycles. The molecule has 7 heteroatoms. The van der Waals surface area contributed by atoms with Crippen molar-refractivity contribution in [2.75, 3.05) is 13.6 Å². The zero-order valence-corrected chi connectivity index (χ0v) is 14.0. The first-order valence-corrected chi connectivity index (χ1v) is 8.40. The summed E-state index contributed by atoms with van der Waals surface area (Å²) in [5.41, 5.74) is 1.13. The Bertz CT molecular complexity index is 537. The quantitative estimate of drug-likeness (QED) is 0.800. The van der Waals surface area contributed by atoms with Crippen molar-refractivity contribution in [1.82, 2.24) is 19.8 Å². The minimum atomic E-state index is -3.53. The molecule has 1 aromatic heterocycles. The zero-order valence-electron chi connectivity index (χ0n) is 13.2. The van der Waals surface area contributed by atoms with E-state index in [-0.39, 0.29) is 12.0 Å². The second kappa shape index (κ2) is 6.69. The van der Waals surface area contributed by atoms with Crippen molar-refractivity contribution in [3.63, 3.8) is 0 Å². The van der Waals surface area contributed by atoms with Crippen LogP contribution < -0.4 is 5.32 Å². The van der Waals surface area contributed by atoms with Gasteiger partial charge in [0.1, 0.15) is 4.90 Å². The summed E-state index contributed by atoms with van der Waals surface area (Å²) < 4.78 is 27.0. The van der Waals surface area contributed by atoms with E-state index in [4.69, 9.17) is 0 Å². The van der Waals surface area contributed by atoms with Gasteiger partial charge in [0.25, 0.3) is 0 Å². The largest absolute Gasteiger partial charge is 0.311 e. The summed E-state index contributed by atoms with van der Waals surface area (Å²) in [6, 6.07) is -0.0683. The summed E-state index contributed by atoms with van der Waals surface area (Å²) in [5.74, 6) is 0.249. The molecule has 0 radical (unpaired) electrons. The van der Waals surface area contributed by atoms with Crippen LogP contribution in [0.25, 0.3) is 0 Å². The van der Waals surface area contributed by atoms with Gasteiger partial charge in [-0.15, -0.1) is 0 Å². The van der Waals surface area contributed by atoms with E-state index < -0.39 is 10.0 Å². The van der Waals surface area contributed by atoms with Gasteiger partial charge >= 0.3 is 0 Å². The average Bonchev–Trinajstić information content (AvgIpc) is 2.76. The Morgan fingerprint density at radius 3 is 2.45 bits per heavy atom. The number of hydrogen-bond donors (Lipinski definition) is 2. The van der Waals surface area contributed by atoms with E-state index in [1.807, 2.05) is 27.7 Å². The van der Waals surface area contributed by atoms with Gasteiger partial charge in [0.15, 0.2) is 0 Å². The molecule has 0 aliphatic rings. The van der Waals surface area contributed by atoms with E-state index >= 15 is 0 Å². The molecule has 1 aromatic rings. The van der Waals surface area contributed by atoms with Crippen LogP contribution in [0.2, 0.25) is 0 Å². The van der Waals surface area contributed by atoms with Gasteiger partial charge in [-0.05, 0) is 26.3 Å². The molecule has 1 rings (SSSR count). The van der Waals surface area contributed by atoms with Gasteiger partial charge in [0.2, 0.25) is 10.0 Å². The Morgan fingerprint density at radius 1 is 1.35 bits per heavy atom. The summed E-state index contributed by atoms with van der Waals surface area (Å²) in [6.45, 7) is 10.9. The SMILES string of the molecule is CCNCc1n[nH]c(C)c1S(=O)(=O)N(C)C(C)C(C)C. The van der Waals surface area contributed by atoms with Crippen molar-refractivity contribution in [2.45, 2.75) is 52.1 Å². The van der Waals surface area contributed by atoms with Crippen LogP contribution in [0.15, 0.2) is 4.90 Å². The minimum absolute atomic E-state index is 0.0683. The van der Waals surface area contributed by atoms with Crippen molar-refractivity contribution < 1.29 is 8.42 Å². The highest BCUT2D eigenvalue weighted by Gasteiger charge is 2.32. The average molecular weight is 302 g/mol. The number of nitrogens with one attached hydrogen (secondary N) is 2. The maximum Gasteiger partial charge on any atom is 0.246 e. The van der Waals surface area contributed by atoms with Crippen molar-refractivity contribution in [3.05, 3.63) is 11.4 Å². The molecular formula is C13H26N4O2S. The molecule has 0 aliphatic carbocycles. The summed E-state index contributed by atoms with van der Waals surface area (Å²) in [7, 11) is -1.90. The monoisotopic (exact) mass is 302 g/mol. The zero-order chi connectivity index (χ0) is 15.5. The summed E-state index contributed by atoms with van der Waals surface area (Å²) in [5, 5.41) is 10.0. The van der Waals surface area contributed by atoms with Crippen LogP contribution in [0.3, 0.4) is 0 Å².